The van der Waals surface area contributed by atoms with E-state index in [-0.39, 0.29) is 35.0 Å². The number of carbonyl (C=O) groups is 4. The molecule has 0 spiro atoms. The van der Waals surface area contributed by atoms with Crippen molar-refractivity contribution in [3.8, 4) is 0 Å². The molecule has 0 radical (unpaired) electrons. The number of hydrogen-bond acceptors (Lipinski definition) is 13. The minimum Gasteiger partial charge on any atom is -0.459 e. The van der Waals surface area contributed by atoms with E-state index in [9.17, 15) is 19.2 Å². The van der Waals surface area contributed by atoms with Gasteiger partial charge in [0.25, 0.3) is 0 Å². The van der Waals surface area contributed by atoms with Crippen LogP contribution in [0.5, 0.6) is 0 Å². The van der Waals surface area contributed by atoms with Gasteiger partial charge in [-0.05, 0) is 48.5 Å². The Balaban J connectivity index is 1.17. The SMILES string of the molecule is O=C(OCC1O[C@@H](O[C@@H]2C3CO[C@H](O3)[C@@H]3OC23)[C@@H](OC(=O)c2ccccc2)C(OC(=O)c2ccccc2)[C@@H]1OC(=O)c1ccccc1)c1ccccc1. The Morgan fingerprint density at radius 2 is 0.981 bits per heavy atom. The first kappa shape index (κ1) is 34.6. The Bertz CT molecular complexity index is 1910. The summed E-state index contributed by atoms with van der Waals surface area (Å²) >= 11 is 0. The van der Waals surface area contributed by atoms with Gasteiger partial charge in [-0.2, -0.15) is 0 Å². The molecule has 0 aliphatic carbocycles. The normalized spacial score (nSPS) is 29.6. The predicted octanol–water partition coefficient (Wildman–Crippen LogP) is 4.15. The van der Waals surface area contributed by atoms with E-state index in [0.29, 0.717) is 0 Å². The summed E-state index contributed by atoms with van der Waals surface area (Å²) in [4.78, 5) is 54.4. The van der Waals surface area contributed by atoms with Crippen LogP contribution in [0.3, 0.4) is 0 Å². The second kappa shape index (κ2) is 15.3. The highest BCUT2D eigenvalue weighted by atomic mass is 16.8. The lowest BCUT2D eigenvalue weighted by molar-refractivity contribution is -0.317. The first-order valence-electron chi connectivity index (χ1n) is 17.2. The smallest absolute Gasteiger partial charge is 0.338 e. The zero-order chi connectivity index (χ0) is 36.3. The lowest BCUT2D eigenvalue weighted by Crippen LogP contribution is -2.64. The zero-order valence-electron chi connectivity index (χ0n) is 28.0. The summed E-state index contributed by atoms with van der Waals surface area (Å²) in [5.74, 6) is -3.08. The molecule has 4 aliphatic rings. The maximum absolute atomic E-state index is 13.8. The highest BCUT2D eigenvalue weighted by molar-refractivity contribution is 5.91. The molecule has 4 aliphatic heterocycles. The minimum absolute atomic E-state index is 0.175. The maximum Gasteiger partial charge on any atom is 0.338 e. The Morgan fingerprint density at radius 3 is 1.51 bits per heavy atom. The molecule has 0 aromatic heterocycles. The van der Waals surface area contributed by atoms with Crippen molar-refractivity contribution in [1.29, 1.82) is 0 Å². The number of hydrogen-bond donors (Lipinski definition) is 0. The van der Waals surface area contributed by atoms with Crippen molar-refractivity contribution in [3.05, 3.63) is 144 Å². The number of benzene rings is 4. The third kappa shape index (κ3) is 7.56. The number of carbonyl (C=O) groups excluding carboxylic acids is 4. The van der Waals surface area contributed by atoms with Crippen molar-refractivity contribution in [3.63, 3.8) is 0 Å². The molecule has 13 heteroatoms. The van der Waals surface area contributed by atoms with E-state index in [0.717, 1.165) is 0 Å². The van der Waals surface area contributed by atoms with Crippen molar-refractivity contribution >= 4 is 23.9 Å². The average molecular weight is 723 g/mol. The van der Waals surface area contributed by atoms with Crippen LogP contribution in [0.2, 0.25) is 0 Å². The van der Waals surface area contributed by atoms with Gasteiger partial charge in [0, 0.05) is 0 Å². The summed E-state index contributed by atoms with van der Waals surface area (Å²) in [6.07, 6.45) is -9.95. The summed E-state index contributed by atoms with van der Waals surface area (Å²) in [6, 6.07) is 32.8. The van der Waals surface area contributed by atoms with Crippen molar-refractivity contribution in [2.75, 3.05) is 13.2 Å². The van der Waals surface area contributed by atoms with Gasteiger partial charge in [0.1, 0.15) is 37.1 Å². The Morgan fingerprint density at radius 1 is 0.509 bits per heavy atom. The standard InChI is InChI=1S/C40H34O13/c41-35(23-13-5-1-6-14-23)45-21-27-29(50-36(42)24-15-7-2-8-16-24)32(51-37(43)25-17-9-3-10-18-25)34(52-38(44)26-19-11-4-12-20-26)40(48-27)53-30-28-22-46-39(47-28)33-31(30)49-33/h1-20,27-34,39-40H,21-22H2/t27?,28?,29-,30-,31?,32?,33-,34+,39-,40+/m1/s1. The Kier molecular flexibility index (Phi) is 9.98. The molecule has 4 heterocycles. The fourth-order valence-corrected chi connectivity index (χ4v) is 6.57. The monoisotopic (exact) mass is 722 g/mol. The van der Waals surface area contributed by atoms with Crippen molar-refractivity contribution in [2.24, 2.45) is 0 Å². The maximum atomic E-state index is 13.8. The van der Waals surface area contributed by atoms with Gasteiger partial charge in [0.15, 0.2) is 30.9 Å². The van der Waals surface area contributed by atoms with Crippen LogP contribution < -0.4 is 0 Å². The molecule has 272 valence electrons. The molecular formula is C40H34O13. The molecule has 0 saturated carbocycles. The van der Waals surface area contributed by atoms with Gasteiger partial charge in [-0.3, -0.25) is 0 Å². The molecule has 4 unspecified atom stereocenters. The fourth-order valence-electron chi connectivity index (χ4n) is 6.57. The van der Waals surface area contributed by atoms with Crippen LogP contribution in [-0.2, 0) is 42.6 Å². The Hall–Kier alpha value is -5.44. The zero-order valence-corrected chi connectivity index (χ0v) is 28.0. The van der Waals surface area contributed by atoms with Crippen LogP contribution >= 0.6 is 0 Å². The van der Waals surface area contributed by atoms with E-state index in [1.54, 1.807) is 121 Å². The third-order valence-electron chi connectivity index (χ3n) is 9.28. The third-order valence-corrected chi connectivity index (χ3v) is 9.28. The van der Waals surface area contributed by atoms with E-state index in [1.165, 1.54) is 0 Å². The summed E-state index contributed by atoms with van der Waals surface area (Å²) < 4.78 is 54.5. The summed E-state index contributed by atoms with van der Waals surface area (Å²) in [5.41, 5.74) is 0.815. The number of ether oxygens (including phenoxy) is 9. The highest BCUT2D eigenvalue weighted by Crippen LogP contribution is 2.44. The first-order valence-corrected chi connectivity index (χ1v) is 17.2. The van der Waals surface area contributed by atoms with Gasteiger partial charge in [0.05, 0.1) is 28.9 Å². The minimum atomic E-state index is -1.55. The van der Waals surface area contributed by atoms with Gasteiger partial charge >= 0.3 is 23.9 Å². The van der Waals surface area contributed by atoms with E-state index < -0.39 is 85.8 Å². The van der Waals surface area contributed by atoms with Gasteiger partial charge in [0.2, 0.25) is 0 Å². The molecule has 0 N–H and O–H groups in total. The second-order valence-corrected chi connectivity index (χ2v) is 12.8. The van der Waals surface area contributed by atoms with E-state index in [1.807, 2.05) is 0 Å². The van der Waals surface area contributed by atoms with E-state index in [4.69, 9.17) is 42.6 Å². The van der Waals surface area contributed by atoms with Crippen LogP contribution in [0, 0.1) is 0 Å². The van der Waals surface area contributed by atoms with E-state index in [2.05, 4.69) is 0 Å². The van der Waals surface area contributed by atoms with Crippen LogP contribution in [0.25, 0.3) is 0 Å². The fraction of sp³-hybridized carbons (Fsp3) is 0.300. The Labute approximate surface area is 303 Å². The van der Waals surface area contributed by atoms with E-state index >= 15 is 0 Å². The molecular weight excluding hydrogens is 688 g/mol. The number of epoxide rings is 1. The van der Waals surface area contributed by atoms with Gasteiger partial charge in [-0.25, -0.2) is 19.2 Å². The van der Waals surface area contributed by atoms with Crippen molar-refractivity contribution in [2.45, 2.75) is 61.4 Å². The summed E-state index contributed by atoms with van der Waals surface area (Å²) in [5, 5.41) is 0. The predicted molar refractivity (Wildman–Crippen MR) is 180 cm³/mol. The average Bonchev–Trinajstić information content (AvgIpc) is 3.90. The number of esters is 4. The van der Waals surface area contributed by atoms with Crippen molar-refractivity contribution in [1.82, 2.24) is 0 Å². The quantitative estimate of drug-likeness (QED) is 0.124. The summed E-state index contributed by atoms with van der Waals surface area (Å²) in [6.45, 7) is -0.258. The van der Waals surface area contributed by atoms with Gasteiger partial charge < -0.3 is 42.6 Å². The molecule has 13 nitrogen and oxygen atoms in total. The molecule has 10 atom stereocenters. The lowest BCUT2D eigenvalue weighted by atomic mass is 9.97. The first-order chi connectivity index (χ1) is 25.9. The van der Waals surface area contributed by atoms with Gasteiger partial charge in [-0.15, -0.1) is 0 Å². The summed E-state index contributed by atoms with van der Waals surface area (Å²) in [7, 11) is 0. The van der Waals surface area contributed by atoms with Crippen molar-refractivity contribution < 1.29 is 61.8 Å². The molecule has 4 saturated heterocycles. The molecule has 4 aromatic carbocycles. The van der Waals surface area contributed by atoms with Crippen LogP contribution in [-0.4, -0.2) is 98.5 Å². The topological polar surface area (TPSA) is 155 Å². The van der Waals surface area contributed by atoms with Crippen LogP contribution in [0.15, 0.2) is 121 Å². The van der Waals surface area contributed by atoms with Gasteiger partial charge in [-0.1, -0.05) is 72.8 Å². The van der Waals surface area contributed by atoms with Crippen LogP contribution in [0.4, 0.5) is 0 Å². The molecule has 8 rings (SSSR count). The largest absolute Gasteiger partial charge is 0.459 e. The highest BCUT2D eigenvalue weighted by Gasteiger charge is 2.64. The molecule has 53 heavy (non-hydrogen) atoms. The number of fused-ring (bicyclic) bond motifs is 4. The number of rotatable bonds is 11. The molecule has 4 fully saturated rings. The molecule has 0 amide bonds. The lowest BCUT2D eigenvalue weighted by Gasteiger charge is -2.45. The van der Waals surface area contributed by atoms with Crippen LogP contribution in [0.1, 0.15) is 41.4 Å². The molecule has 4 aromatic rings. The molecule has 2 bridgehead atoms. The second-order valence-electron chi connectivity index (χ2n) is 12.8.